The third kappa shape index (κ3) is 6.13. The molecule has 0 bridgehead atoms. The summed E-state index contributed by atoms with van der Waals surface area (Å²) in [6, 6.07) is 6.61. The molecule has 0 atom stereocenters. The number of hydrogen-bond donors (Lipinski definition) is 1. The van der Waals surface area contributed by atoms with Crippen molar-refractivity contribution in [3.05, 3.63) is 29.8 Å². The highest BCUT2D eigenvalue weighted by atomic mass is 19.4. The van der Waals surface area contributed by atoms with Gasteiger partial charge in [0.25, 0.3) is 0 Å². The van der Waals surface area contributed by atoms with Gasteiger partial charge in [-0.3, -0.25) is 0 Å². The molecule has 0 unspecified atom stereocenters. The fraction of sp³-hybridized carbons (Fsp3) is 0.455. The molecule has 3 nitrogen and oxygen atoms in total. The normalized spacial score (nSPS) is 11.5. The molecule has 0 aliphatic carbocycles. The molecule has 0 aromatic heterocycles. The van der Waals surface area contributed by atoms with Crippen molar-refractivity contribution in [1.29, 1.82) is 0 Å². The molecule has 6 heteroatoms. The van der Waals surface area contributed by atoms with Gasteiger partial charge in [0.1, 0.15) is 19.0 Å². The third-order valence-corrected chi connectivity index (χ3v) is 1.87. The second-order valence-corrected chi connectivity index (χ2v) is 3.32. The monoisotopic (exact) mass is 250 g/mol. The molecule has 0 radical (unpaired) electrons. The minimum Gasteiger partial charge on any atom is -0.491 e. The van der Waals surface area contributed by atoms with E-state index in [1.807, 2.05) is 0 Å². The highest BCUT2D eigenvalue weighted by Gasteiger charge is 2.27. The van der Waals surface area contributed by atoms with Gasteiger partial charge in [-0.25, -0.2) is 0 Å². The first-order valence-electron chi connectivity index (χ1n) is 4.98. The van der Waals surface area contributed by atoms with Gasteiger partial charge in [-0.05, 0) is 17.7 Å². The molecule has 0 saturated heterocycles. The molecule has 0 heterocycles. The van der Waals surface area contributed by atoms with Crippen LogP contribution in [0.25, 0.3) is 0 Å². The van der Waals surface area contributed by atoms with Gasteiger partial charge in [0, 0.05) is 0 Å². The highest BCUT2D eigenvalue weighted by molar-refractivity contribution is 5.26. The number of halogens is 3. The lowest BCUT2D eigenvalue weighted by atomic mass is 10.2. The molecule has 96 valence electrons. The summed E-state index contributed by atoms with van der Waals surface area (Å²) in [6.07, 6.45) is -4.30. The first-order valence-corrected chi connectivity index (χ1v) is 4.98. The molecule has 0 saturated carbocycles. The summed E-state index contributed by atoms with van der Waals surface area (Å²) in [5.74, 6) is 0.526. The number of hydrogen-bond acceptors (Lipinski definition) is 3. The summed E-state index contributed by atoms with van der Waals surface area (Å²) in [5, 5.41) is 8.78. The zero-order chi connectivity index (χ0) is 12.7. The summed E-state index contributed by atoms with van der Waals surface area (Å²) in [6.45, 7) is -1.40. The second kappa shape index (κ2) is 6.46. The van der Waals surface area contributed by atoms with Gasteiger partial charge < -0.3 is 14.6 Å². The van der Waals surface area contributed by atoms with Gasteiger partial charge in [0.2, 0.25) is 0 Å². The first kappa shape index (κ1) is 13.8. The van der Waals surface area contributed by atoms with E-state index in [1.54, 1.807) is 24.3 Å². The Bertz CT molecular complexity index is 322. The van der Waals surface area contributed by atoms with Crippen molar-refractivity contribution in [3.8, 4) is 5.75 Å². The molecule has 1 rings (SSSR count). The van der Waals surface area contributed by atoms with Crippen molar-refractivity contribution < 1.29 is 27.8 Å². The van der Waals surface area contributed by atoms with E-state index in [9.17, 15) is 13.2 Å². The van der Waals surface area contributed by atoms with Crippen LogP contribution in [0.1, 0.15) is 5.56 Å². The maximum absolute atomic E-state index is 11.7. The Balaban J connectivity index is 2.18. The Morgan fingerprint density at radius 1 is 1.06 bits per heavy atom. The summed E-state index contributed by atoms with van der Waals surface area (Å²) in [5.41, 5.74) is 0.741. The minimum atomic E-state index is -4.30. The Labute approximate surface area is 96.8 Å². The van der Waals surface area contributed by atoms with Crippen LogP contribution in [-0.2, 0) is 11.3 Å². The number of rotatable bonds is 6. The lowest BCUT2D eigenvalue weighted by molar-refractivity contribution is -0.175. The Hall–Kier alpha value is -1.27. The Morgan fingerprint density at radius 2 is 1.71 bits per heavy atom. The van der Waals surface area contributed by atoms with Crippen LogP contribution in [0.4, 0.5) is 13.2 Å². The summed E-state index contributed by atoms with van der Waals surface area (Å²) >= 11 is 0. The fourth-order valence-corrected chi connectivity index (χ4v) is 1.10. The number of aliphatic hydroxyl groups is 1. The predicted molar refractivity (Wildman–Crippen MR) is 54.7 cm³/mol. The maximum atomic E-state index is 11.7. The maximum Gasteiger partial charge on any atom is 0.411 e. The molecule has 1 aromatic carbocycles. The van der Waals surface area contributed by atoms with Gasteiger partial charge in [-0.2, -0.15) is 13.2 Å². The van der Waals surface area contributed by atoms with E-state index >= 15 is 0 Å². The van der Waals surface area contributed by atoms with E-state index in [-0.39, 0.29) is 19.8 Å². The average molecular weight is 250 g/mol. The molecule has 1 N–H and O–H groups in total. The lowest BCUT2D eigenvalue weighted by Gasteiger charge is -2.09. The summed E-state index contributed by atoms with van der Waals surface area (Å²) < 4.78 is 44.6. The van der Waals surface area contributed by atoms with E-state index in [0.717, 1.165) is 5.56 Å². The van der Waals surface area contributed by atoms with Crippen LogP contribution >= 0.6 is 0 Å². The Kier molecular flexibility index (Phi) is 5.24. The van der Waals surface area contributed by atoms with Crippen LogP contribution in [0.3, 0.4) is 0 Å². The van der Waals surface area contributed by atoms with Crippen LogP contribution in [0, 0.1) is 0 Å². The van der Waals surface area contributed by atoms with Crippen molar-refractivity contribution in [1.82, 2.24) is 0 Å². The SMILES string of the molecule is OCc1ccc(OCCOCC(F)(F)F)cc1. The fourth-order valence-electron chi connectivity index (χ4n) is 1.10. The summed E-state index contributed by atoms with van der Waals surface area (Å²) in [7, 11) is 0. The van der Waals surface area contributed by atoms with E-state index in [2.05, 4.69) is 4.74 Å². The van der Waals surface area contributed by atoms with Crippen molar-refractivity contribution >= 4 is 0 Å². The van der Waals surface area contributed by atoms with E-state index < -0.39 is 12.8 Å². The van der Waals surface area contributed by atoms with E-state index in [4.69, 9.17) is 9.84 Å². The molecule has 1 aromatic rings. The molecule has 0 fully saturated rings. The van der Waals surface area contributed by atoms with Crippen molar-refractivity contribution in [3.63, 3.8) is 0 Å². The van der Waals surface area contributed by atoms with Crippen molar-refractivity contribution in [2.24, 2.45) is 0 Å². The van der Waals surface area contributed by atoms with Gasteiger partial charge in [0.05, 0.1) is 13.2 Å². The van der Waals surface area contributed by atoms with Gasteiger partial charge in [-0.15, -0.1) is 0 Å². The van der Waals surface area contributed by atoms with E-state index in [0.29, 0.717) is 5.75 Å². The number of benzene rings is 1. The Morgan fingerprint density at radius 3 is 2.24 bits per heavy atom. The van der Waals surface area contributed by atoms with Gasteiger partial charge in [0.15, 0.2) is 0 Å². The zero-order valence-corrected chi connectivity index (χ0v) is 9.04. The largest absolute Gasteiger partial charge is 0.491 e. The number of aliphatic hydroxyl groups excluding tert-OH is 1. The van der Waals surface area contributed by atoms with Gasteiger partial charge in [-0.1, -0.05) is 12.1 Å². The molecule has 17 heavy (non-hydrogen) atoms. The van der Waals surface area contributed by atoms with Crippen LogP contribution in [-0.4, -0.2) is 31.1 Å². The highest BCUT2D eigenvalue weighted by Crippen LogP contribution is 2.15. The van der Waals surface area contributed by atoms with Crippen molar-refractivity contribution in [2.75, 3.05) is 19.8 Å². The average Bonchev–Trinajstić information content (AvgIpc) is 2.28. The van der Waals surface area contributed by atoms with Crippen LogP contribution < -0.4 is 4.74 Å². The van der Waals surface area contributed by atoms with Crippen LogP contribution in [0.2, 0.25) is 0 Å². The van der Waals surface area contributed by atoms with E-state index in [1.165, 1.54) is 0 Å². The minimum absolute atomic E-state index is 0.0502. The number of alkyl halides is 3. The van der Waals surface area contributed by atoms with Crippen LogP contribution in [0.5, 0.6) is 5.75 Å². The predicted octanol–water partition coefficient (Wildman–Crippen LogP) is 2.14. The molecule has 0 amide bonds. The molecule has 0 aliphatic heterocycles. The topological polar surface area (TPSA) is 38.7 Å². The summed E-state index contributed by atoms with van der Waals surface area (Å²) in [4.78, 5) is 0. The number of ether oxygens (including phenoxy) is 2. The molecular formula is C11H13F3O3. The molecule has 0 aliphatic rings. The lowest BCUT2D eigenvalue weighted by Crippen LogP contribution is -2.19. The third-order valence-electron chi connectivity index (χ3n) is 1.87. The smallest absolute Gasteiger partial charge is 0.411 e. The molecular weight excluding hydrogens is 237 g/mol. The zero-order valence-electron chi connectivity index (χ0n) is 9.04. The quantitative estimate of drug-likeness (QED) is 0.786. The van der Waals surface area contributed by atoms with Crippen molar-refractivity contribution in [2.45, 2.75) is 12.8 Å². The standard InChI is InChI=1S/C11H13F3O3/c12-11(13,14)8-16-5-6-17-10-3-1-9(7-15)2-4-10/h1-4,15H,5-8H2. The molecule has 0 spiro atoms. The first-order chi connectivity index (χ1) is 8.01. The van der Waals surface area contributed by atoms with Gasteiger partial charge >= 0.3 is 6.18 Å². The van der Waals surface area contributed by atoms with Crippen LogP contribution in [0.15, 0.2) is 24.3 Å². The second-order valence-electron chi connectivity index (χ2n) is 3.32.